The zero-order chi connectivity index (χ0) is 16.0. The first kappa shape index (κ1) is 15.5. The molecule has 0 radical (unpaired) electrons. The van der Waals surface area contributed by atoms with E-state index < -0.39 is 0 Å². The van der Waals surface area contributed by atoms with Crippen LogP contribution in [-0.4, -0.2) is 29.0 Å². The summed E-state index contributed by atoms with van der Waals surface area (Å²) >= 11 is 3.70. The number of rotatable bonds is 6. The molecule has 5 rings (SSSR count). The quantitative estimate of drug-likeness (QED) is 0.837. The monoisotopic (exact) mass is 359 g/mol. The van der Waals surface area contributed by atoms with E-state index in [1.807, 2.05) is 22.7 Å². The molecule has 3 fully saturated rings. The summed E-state index contributed by atoms with van der Waals surface area (Å²) in [5.74, 6) is 0.765. The number of aromatic nitrogens is 1. The number of thiazole rings is 1. The summed E-state index contributed by atoms with van der Waals surface area (Å²) in [5, 5.41) is 8.07. The number of thiophene rings is 1. The highest BCUT2D eigenvalue weighted by atomic mass is 32.1. The lowest BCUT2D eigenvalue weighted by Gasteiger charge is -2.29. The van der Waals surface area contributed by atoms with Gasteiger partial charge in [-0.15, -0.1) is 11.3 Å². The van der Waals surface area contributed by atoms with Crippen molar-refractivity contribution >= 4 is 22.7 Å². The second-order valence-electron chi connectivity index (χ2n) is 7.80. The number of hydrogen-bond acceptors (Lipinski definition) is 5. The van der Waals surface area contributed by atoms with E-state index >= 15 is 0 Å². The number of nitrogens with zero attached hydrogens (tertiary/aromatic N) is 2. The Morgan fingerprint density at radius 2 is 2.12 bits per heavy atom. The van der Waals surface area contributed by atoms with Gasteiger partial charge in [-0.2, -0.15) is 11.3 Å². The van der Waals surface area contributed by atoms with Gasteiger partial charge >= 0.3 is 0 Å². The molecule has 2 aromatic rings. The molecule has 2 aromatic heterocycles. The molecule has 3 aliphatic rings. The maximum atomic E-state index is 4.70. The summed E-state index contributed by atoms with van der Waals surface area (Å²) in [6.07, 6.45) is 6.81. The van der Waals surface area contributed by atoms with Gasteiger partial charge in [-0.3, -0.25) is 4.90 Å². The Balaban J connectivity index is 1.36. The Bertz CT molecular complexity index is 683. The van der Waals surface area contributed by atoms with E-state index in [0.717, 1.165) is 25.0 Å². The normalized spacial score (nSPS) is 25.5. The third-order valence-corrected chi connectivity index (χ3v) is 7.70. The topological polar surface area (TPSA) is 28.2 Å². The Morgan fingerprint density at radius 3 is 2.88 bits per heavy atom. The van der Waals surface area contributed by atoms with Gasteiger partial charge in [0.2, 0.25) is 0 Å². The number of hydrogen-bond donors (Lipinski definition) is 1. The highest BCUT2D eigenvalue weighted by Gasteiger charge is 2.56. The zero-order valence-corrected chi connectivity index (χ0v) is 15.7. The maximum Gasteiger partial charge on any atom is 0.0798 e. The van der Waals surface area contributed by atoms with Gasteiger partial charge in [0.1, 0.15) is 0 Å². The van der Waals surface area contributed by atoms with Crippen LogP contribution in [0, 0.1) is 5.41 Å². The molecule has 0 amide bonds. The Labute approximate surface area is 152 Å². The third kappa shape index (κ3) is 2.96. The molecule has 128 valence electrons. The predicted octanol–water partition coefficient (Wildman–Crippen LogP) is 4.23. The summed E-state index contributed by atoms with van der Waals surface area (Å²) in [5.41, 5.74) is 5.56. The van der Waals surface area contributed by atoms with Crippen molar-refractivity contribution in [2.45, 2.75) is 57.2 Å². The molecule has 24 heavy (non-hydrogen) atoms. The van der Waals surface area contributed by atoms with E-state index in [-0.39, 0.29) is 0 Å². The van der Waals surface area contributed by atoms with Crippen LogP contribution >= 0.6 is 22.7 Å². The van der Waals surface area contributed by atoms with E-state index in [1.54, 1.807) is 0 Å². The van der Waals surface area contributed by atoms with Crippen LogP contribution in [0.4, 0.5) is 0 Å². The second kappa shape index (κ2) is 6.20. The fourth-order valence-electron chi connectivity index (χ4n) is 4.47. The molecular formula is C19H25N3S2. The summed E-state index contributed by atoms with van der Waals surface area (Å²) in [6, 6.07) is 3.07. The first-order chi connectivity index (χ1) is 11.8. The minimum atomic E-state index is 0.603. The first-order valence-electron chi connectivity index (χ1n) is 9.22. The van der Waals surface area contributed by atoms with Crippen molar-refractivity contribution in [3.8, 4) is 0 Å². The maximum absolute atomic E-state index is 4.70. The smallest absolute Gasteiger partial charge is 0.0798 e. The molecule has 1 atom stereocenters. The van der Waals surface area contributed by atoms with Crippen LogP contribution < -0.4 is 5.32 Å². The van der Waals surface area contributed by atoms with E-state index in [2.05, 4.69) is 32.6 Å². The average Bonchev–Trinajstić information content (AvgIpc) is 3.44. The van der Waals surface area contributed by atoms with Crippen LogP contribution in [0.2, 0.25) is 0 Å². The fraction of sp³-hybridized carbons (Fsp3) is 0.632. The second-order valence-corrected chi connectivity index (χ2v) is 9.52. The first-order valence-corrected chi connectivity index (χ1v) is 11.0. The lowest BCUT2D eigenvalue weighted by atomic mass is 9.93. The van der Waals surface area contributed by atoms with E-state index in [4.69, 9.17) is 4.98 Å². The van der Waals surface area contributed by atoms with Crippen molar-refractivity contribution < 1.29 is 0 Å². The minimum absolute atomic E-state index is 0.603. The van der Waals surface area contributed by atoms with Gasteiger partial charge in [-0.1, -0.05) is 0 Å². The van der Waals surface area contributed by atoms with Gasteiger partial charge in [0.15, 0.2) is 0 Å². The Hall–Kier alpha value is -0.750. The van der Waals surface area contributed by atoms with Crippen molar-refractivity contribution in [2.24, 2.45) is 5.41 Å². The number of piperidine rings is 1. The van der Waals surface area contributed by atoms with Crippen LogP contribution in [0.1, 0.15) is 54.2 Å². The Morgan fingerprint density at radius 1 is 1.25 bits per heavy atom. The van der Waals surface area contributed by atoms with E-state index in [1.165, 1.54) is 61.3 Å². The van der Waals surface area contributed by atoms with Crippen molar-refractivity contribution in [1.82, 2.24) is 15.2 Å². The summed E-state index contributed by atoms with van der Waals surface area (Å²) < 4.78 is 0. The summed E-state index contributed by atoms with van der Waals surface area (Å²) in [7, 11) is 0. The zero-order valence-electron chi connectivity index (χ0n) is 14.0. The summed E-state index contributed by atoms with van der Waals surface area (Å²) in [4.78, 5) is 9.00. The lowest BCUT2D eigenvalue weighted by Crippen LogP contribution is -2.35. The van der Waals surface area contributed by atoms with Crippen molar-refractivity contribution in [3.63, 3.8) is 0 Å². The predicted molar refractivity (Wildman–Crippen MR) is 101 cm³/mol. The molecule has 1 N–H and O–H groups in total. The third-order valence-electron chi connectivity index (χ3n) is 6.14. The minimum Gasteiger partial charge on any atom is -0.317 e. The number of nitrogens with one attached hydrogen (secondary N) is 1. The van der Waals surface area contributed by atoms with Gasteiger partial charge in [0.25, 0.3) is 0 Å². The Kier molecular flexibility index (Phi) is 4.01. The van der Waals surface area contributed by atoms with Crippen molar-refractivity contribution in [3.05, 3.63) is 38.5 Å². The average molecular weight is 360 g/mol. The molecule has 2 saturated carbocycles. The molecule has 2 aliphatic carbocycles. The lowest BCUT2D eigenvalue weighted by molar-refractivity contribution is 0.189. The van der Waals surface area contributed by atoms with Crippen molar-refractivity contribution in [1.29, 1.82) is 0 Å². The molecule has 0 bridgehead atoms. The van der Waals surface area contributed by atoms with Crippen LogP contribution in [0.15, 0.2) is 22.3 Å². The van der Waals surface area contributed by atoms with E-state index in [0.29, 0.717) is 5.41 Å². The summed E-state index contributed by atoms with van der Waals surface area (Å²) in [6.45, 7) is 4.62. The molecule has 3 nitrogen and oxygen atoms in total. The van der Waals surface area contributed by atoms with E-state index in [9.17, 15) is 0 Å². The van der Waals surface area contributed by atoms with Gasteiger partial charge in [0.05, 0.1) is 11.2 Å². The molecule has 1 aliphatic heterocycles. The molecule has 1 spiro atoms. The molecule has 1 unspecified atom stereocenters. The molecule has 0 aromatic carbocycles. The largest absolute Gasteiger partial charge is 0.317 e. The van der Waals surface area contributed by atoms with Crippen LogP contribution in [0.3, 0.4) is 0 Å². The van der Waals surface area contributed by atoms with Gasteiger partial charge in [-0.25, -0.2) is 4.98 Å². The molecule has 5 heteroatoms. The van der Waals surface area contributed by atoms with Crippen LogP contribution in [-0.2, 0) is 13.1 Å². The highest BCUT2D eigenvalue weighted by molar-refractivity contribution is 7.09. The van der Waals surface area contributed by atoms with Crippen molar-refractivity contribution in [2.75, 3.05) is 13.1 Å². The van der Waals surface area contributed by atoms with Gasteiger partial charge in [0, 0.05) is 29.9 Å². The fourth-order valence-corrected chi connectivity index (χ4v) is 6.00. The van der Waals surface area contributed by atoms with Gasteiger partial charge < -0.3 is 5.32 Å². The molecule has 3 heterocycles. The standard InChI is InChI=1S/C19H25N3S2/c1-2-15(1)18-16(24-13-21-18)11-22(10-14-3-8-23-12-14)17-9-19(17)4-6-20-7-5-19/h3,8,12-13,15,17,20H,1-2,4-7,9-11H2. The highest BCUT2D eigenvalue weighted by Crippen LogP contribution is 2.56. The van der Waals surface area contributed by atoms with Gasteiger partial charge in [-0.05, 0) is 73.0 Å². The van der Waals surface area contributed by atoms with Crippen LogP contribution in [0.25, 0.3) is 0 Å². The van der Waals surface area contributed by atoms with Crippen LogP contribution in [0.5, 0.6) is 0 Å². The molecular weight excluding hydrogens is 334 g/mol. The molecule has 1 saturated heterocycles. The SMILES string of the molecule is c1cc(CN(Cc2scnc2C2CC2)C2CC23CCNCC3)cs1.